The smallest absolute Gasteiger partial charge is 0.288 e. The number of benzene rings is 2. The van der Waals surface area contributed by atoms with Crippen molar-refractivity contribution in [3.63, 3.8) is 0 Å². The van der Waals surface area contributed by atoms with E-state index in [1.54, 1.807) is 23.2 Å². The molecular formula is C23H23N2O2S+. The fourth-order valence-electron chi connectivity index (χ4n) is 3.85. The first-order valence-electron chi connectivity index (χ1n) is 9.50. The lowest BCUT2D eigenvalue weighted by Gasteiger charge is -2.31. The number of pyridine rings is 1. The lowest BCUT2D eigenvalue weighted by Crippen LogP contribution is -2.52. The van der Waals surface area contributed by atoms with Gasteiger partial charge in [0.2, 0.25) is 5.78 Å². The number of nitrogens with zero attached hydrogens (tertiary/aromatic N) is 2. The van der Waals surface area contributed by atoms with E-state index >= 15 is 0 Å². The van der Waals surface area contributed by atoms with Gasteiger partial charge < -0.3 is 0 Å². The number of Topliss-reactive ketones (excluding diaryl/α,β-unsaturated/α-hetero) is 1. The Morgan fingerprint density at radius 3 is 2.64 bits per heavy atom. The largest absolute Gasteiger partial charge is 0.289 e. The molecule has 142 valence electrons. The van der Waals surface area contributed by atoms with Gasteiger partial charge in [-0.3, -0.25) is 14.5 Å². The van der Waals surface area contributed by atoms with E-state index in [0.29, 0.717) is 17.9 Å². The second-order valence-corrected chi connectivity index (χ2v) is 9.34. The summed E-state index contributed by atoms with van der Waals surface area (Å²) in [6.45, 7) is 2.50. The van der Waals surface area contributed by atoms with Crippen molar-refractivity contribution in [1.29, 1.82) is 0 Å². The number of aromatic nitrogens is 1. The number of anilines is 1. The summed E-state index contributed by atoms with van der Waals surface area (Å²) >= 11 is 0. The van der Waals surface area contributed by atoms with Gasteiger partial charge in [0.25, 0.3) is 11.2 Å². The Hall–Kier alpha value is -2.66. The maximum absolute atomic E-state index is 13.4. The zero-order valence-corrected chi connectivity index (χ0v) is 16.9. The first-order chi connectivity index (χ1) is 13.6. The number of amides is 1. The second kappa shape index (κ2) is 7.76. The number of hydrogen-bond acceptors (Lipinski definition) is 3. The van der Waals surface area contributed by atoms with Gasteiger partial charge in [-0.25, -0.2) is 4.98 Å². The van der Waals surface area contributed by atoms with Crippen molar-refractivity contribution < 1.29 is 9.59 Å². The molecule has 4 nitrogen and oxygen atoms in total. The van der Waals surface area contributed by atoms with Crippen LogP contribution in [-0.2, 0) is 22.2 Å². The van der Waals surface area contributed by atoms with Crippen LogP contribution < -0.4 is 4.90 Å². The molecule has 0 aliphatic carbocycles. The number of carbonyl (C=O) groups excluding carboxylic acids is 2. The average molecular weight is 392 g/mol. The van der Waals surface area contributed by atoms with Gasteiger partial charge in [-0.1, -0.05) is 49.4 Å². The van der Waals surface area contributed by atoms with E-state index in [-0.39, 0.29) is 22.6 Å². The van der Waals surface area contributed by atoms with Crippen LogP contribution >= 0.6 is 0 Å². The lowest BCUT2D eigenvalue weighted by molar-refractivity contribution is -0.117. The fraction of sp³-hybridized carbons (Fsp3) is 0.261. The van der Waals surface area contributed by atoms with Gasteiger partial charge in [-0.15, -0.1) is 0 Å². The first-order valence-corrected chi connectivity index (χ1v) is 11.4. The normalized spacial score (nSPS) is 17.6. The van der Waals surface area contributed by atoms with Crippen molar-refractivity contribution in [3.05, 3.63) is 71.9 Å². The van der Waals surface area contributed by atoms with E-state index in [4.69, 9.17) is 0 Å². The van der Waals surface area contributed by atoms with Gasteiger partial charge in [0.05, 0.1) is 18.4 Å². The highest BCUT2D eigenvalue weighted by Crippen LogP contribution is 2.31. The second-order valence-electron chi connectivity index (χ2n) is 7.08. The molecule has 2 heterocycles. The highest BCUT2D eigenvalue weighted by atomic mass is 32.2. The minimum atomic E-state index is -0.605. The van der Waals surface area contributed by atoms with Gasteiger partial charge in [0, 0.05) is 17.1 Å². The van der Waals surface area contributed by atoms with Crippen LogP contribution in [0.25, 0.3) is 10.8 Å². The topological polar surface area (TPSA) is 50.3 Å². The van der Waals surface area contributed by atoms with Crippen molar-refractivity contribution in [2.24, 2.45) is 0 Å². The van der Waals surface area contributed by atoms with E-state index in [1.807, 2.05) is 30.5 Å². The van der Waals surface area contributed by atoms with Crippen molar-refractivity contribution in [1.82, 2.24) is 4.98 Å². The number of fused-ring (bicyclic) bond motifs is 2. The Labute approximate surface area is 167 Å². The molecule has 4 rings (SSSR count). The molecule has 0 bridgehead atoms. The molecule has 28 heavy (non-hydrogen) atoms. The third kappa shape index (κ3) is 3.20. The van der Waals surface area contributed by atoms with Crippen LogP contribution in [0.5, 0.6) is 0 Å². The van der Waals surface area contributed by atoms with E-state index in [2.05, 4.69) is 30.1 Å². The molecule has 0 N–H and O–H groups in total. The van der Waals surface area contributed by atoms with Gasteiger partial charge in [-0.05, 0) is 34.9 Å². The molecular weight excluding hydrogens is 368 g/mol. The van der Waals surface area contributed by atoms with Crippen LogP contribution in [0.3, 0.4) is 0 Å². The number of rotatable bonds is 5. The van der Waals surface area contributed by atoms with E-state index in [0.717, 1.165) is 28.5 Å². The van der Waals surface area contributed by atoms with Crippen LogP contribution in [-0.4, -0.2) is 33.9 Å². The first kappa shape index (κ1) is 18.7. The maximum Gasteiger partial charge on any atom is 0.289 e. The molecule has 1 aliphatic rings. The molecule has 2 atom stereocenters. The monoisotopic (exact) mass is 391 g/mol. The van der Waals surface area contributed by atoms with Gasteiger partial charge in [0.1, 0.15) is 11.6 Å². The van der Waals surface area contributed by atoms with Crippen LogP contribution in [0.1, 0.15) is 29.3 Å². The summed E-state index contributed by atoms with van der Waals surface area (Å²) in [5.41, 5.74) is 1.62. The quantitative estimate of drug-likeness (QED) is 0.488. The average Bonchev–Trinajstić information content (AvgIpc) is 2.71. The molecule has 1 aliphatic heterocycles. The summed E-state index contributed by atoms with van der Waals surface area (Å²) in [5, 5.41) is 1.65. The fourth-order valence-corrected chi connectivity index (χ4v) is 5.70. The SMILES string of the molecule is CCC[S+](C)C1C(=O)c2cccnc2N(Cc2cccc3ccccc23)C1=O. The lowest BCUT2D eigenvalue weighted by atomic mass is 10.00. The van der Waals surface area contributed by atoms with Crippen LogP contribution in [0.15, 0.2) is 60.8 Å². The molecule has 2 unspecified atom stereocenters. The molecule has 5 heteroatoms. The van der Waals surface area contributed by atoms with Crippen LogP contribution in [0.4, 0.5) is 5.82 Å². The Balaban J connectivity index is 1.79. The Kier molecular flexibility index (Phi) is 5.18. The van der Waals surface area contributed by atoms with Crippen molar-refractivity contribution in [3.8, 4) is 0 Å². The molecule has 1 amide bonds. The maximum atomic E-state index is 13.4. The zero-order chi connectivity index (χ0) is 19.7. The predicted molar refractivity (Wildman–Crippen MR) is 116 cm³/mol. The molecule has 2 aromatic carbocycles. The molecule has 0 saturated heterocycles. The minimum Gasteiger partial charge on any atom is -0.288 e. The van der Waals surface area contributed by atoms with E-state index in [1.165, 1.54) is 0 Å². The summed E-state index contributed by atoms with van der Waals surface area (Å²) in [4.78, 5) is 32.6. The summed E-state index contributed by atoms with van der Waals surface area (Å²) in [6, 6.07) is 17.8. The van der Waals surface area contributed by atoms with E-state index in [9.17, 15) is 9.59 Å². The summed E-state index contributed by atoms with van der Waals surface area (Å²) < 4.78 is 0. The highest BCUT2D eigenvalue weighted by molar-refractivity contribution is 7.98. The summed E-state index contributed by atoms with van der Waals surface area (Å²) in [6.07, 6.45) is 4.63. The minimum absolute atomic E-state index is 0.0819. The summed E-state index contributed by atoms with van der Waals surface area (Å²) in [5.74, 6) is 1.15. The van der Waals surface area contributed by atoms with Crippen molar-refractivity contribution in [2.75, 3.05) is 16.9 Å². The van der Waals surface area contributed by atoms with Gasteiger partial charge in [-0.2, -0.15) is 0 Å². The number of ketones is 1. The molecule has 0 spiro atoms. The van der Waals surface area contributed by atoms with Crippen molar-refractivity contribution >= 4 is 39.2 Å². The third-order valence-electron chi connectivity index (χ3n) is 5.17. The Morgan fingerprint density at radius 1 is 1.04 bits per heavy atom. The molecule has 0 fully saturated rings. The third-order valence-corrected chi connectivity index (χ3v) is 7.45. The van der Waals surface area contributed by atoms with Crippen LogP contribution in [0, 0.1) is 0 Å². The number of carbonyl (C=O) groups is 2. The Bertz CT molecular complexity index is 1040. The molecule has 1 aromatic heterocycles. The van der Waals surface area contributed by atoms with Gasteiger partial charge in [0.15, 0.2) is 0 Å². The van der Waals surface area contributed by atoms with Crippen molar-refractivity contribution in [2.45, 2.75) is 25.1 Å². The molecule has 0 radical (unpaired) electrons. The molecule has 0 saturated carbocycles. The standard InChI is InChI=1S/C23H23N2O2S/c1-3-14-28(2)21-20(26)19-12-7-13-24-22(19)25(23(21)27)15-17-10-6-9-16-8-4-5-11-18(16)17/h4-13,21H,3,14-15H2,1-2H3/q+1. The zero-order valence-electron chi connectivity index (χ0n) is 16.1. The highest BCUT2D eigenvalue weighted by Gasteiger charge is 2.48. The van der Waals surface area contributed by atoms with Crippen LogP contribution in [0.2, 0.25) is 0 Å². The predicted octanol–water partition coefficient (Wildman–Crippen LogP) is 3.99. The van der Waals surface area contributed by atoms with Gasteiger partial charge >= 0.3 is 0 Å². The summed E-state index contributed by atoms with van der Waals surface area (Å²) in [7, 11) is -0.298. The Morgan fingerprint density at radius 2 is 1.82 bits per heavy atom. The van der Waals surface area contributed by atoms with E-state index < -0.39 is 5.25 Å². The number of hydrogen-bond donors (Lipinski definition) is 0. The molecule has 3 aromatic rings.